The normalized spacial score (nSPS) is 33.5. The van der Waals surface area contributed by atoms with Crippen molar-refractivity contribution < 1.29 is 4.79 Å². The summed E-state index contributed by atoms with van der Waals surface area (Å²) in [5.41, 5.74) is 5.81. The second kappa shape index (κ2) is 4.52. The molecule has 0 aromatic rings. The lowest BCUT2D eigenvalue weighted by atomic mass is 9.80. The van der Waals surface area contributed by atoms with Crippen LogP contribution in [0.15, 0.2) is 0 Å². The van der Waals surface area contributed by atoms with E-state index in [1.165, 1.54) is 19.3 Å². The smallest absolute Gasteiger partial charge is 0.223 e. The molecule has 15 heavy (non-hydrogen) atoms. The summed E-state index contributed by atoms with van der Waals surface area (Å²) in [6.45, 7) is 2.14. The van der Waals surface area contributed by atoms with Crippen LogP contribution in [0.2, 0.25) is 0 Å². The van der Waals surface area contributed by atoms with Gasteiger partial charge in [0.1, 0.15) is 0 Å². The molecule has 3 N–H and O–H groups in total. The predicted molar refractivity (Wildman–Crippen MR) is 60.3 cm³/mol. The Labute approximate surface area is 91.8 Å². The number of amides is 1. The molecule has 2 rings (SSSR count). The van der Waals surface area contributed by atoms with Crippen LogP contribution in [0.25, 0.3) is 0 Å². The summed E-state index contributed by atoms with van der Waals surface area (Å²) >= 11 is 0. The Balaban J connectivity index is 1.76. The number of hydrogen-bond donors (Lipinski definition) is 2. The van der Waals surface area contributed by atoms with Crippen LogP contribution < -0.4 is 11.1 Å². The summed E-state index contributed by atoms with van der Waals surface area (Å²) in [7, 11) is 0. The highest BCUT2D eigenvalue weighted by molar-refractivity contribution is 5.79. The fourth-order valence-electron chi connectivity index (χ4n) is 2.65. The Kier molecular flexibility index (Phi) is 3.29. The number of carbonyl (C=O) groups excluding carboxylic acids is 1. The largest absolute Gasteiger partial charge is 0.353 e. The van der Waals surface area contributed by atoms with Crippen LogP contribution in [0, 0.1) is 11.8 Å². The van der Waals surface area contributed by atoms with E-state index in [4.69, 9.17) is 5.73 Å². The van der Waals surface area contributed by atoms with Gasteiger partial charge in [-0.15, -0.1) is 0 Å². The van der Waals surface area contributed by atoms with Crippen LogP contribution in [-0.4, -0.2) is 18.0 Å². The van der Waals surface area contributed by atoms with Crippen LogP contribution in [0.3, 0.4) is 0 Å². The zero-order valence-electron chi connectivity index (χ0n) is 9.54. The molecular weight excluding hydrogens is 188 g/mol. The van der Waals surface area contributed by atoms with Gasteiger partial charge in [0.15, 0.2) is 0 Å². The lowest BCUT2D eigenvalue weighted by Gasteiger charge is -2.32. The minimum atomic E-state index is 0.183. The zero-order valence-corrected chi connectivity index (χ0v) is 9.54. The maximum absolute atomic E-state index is 11.9. The van der Waals surface area contributed by atoms with Gasteiger partial charge in [-0.1, -0.05) is 6.42 Å². The zero-order chi connectivity index (χ0) is 10.8. The third-order valence-corrected chi connectivity index (χ3v) is 4.07. The summed E-state index contributed by atoms with van der Waals surface area (Å²) in [4.78, 5) is 11.9. The molecule has 0 heterocycles. The third-order valence-electron chi connectivity index (χ3n) is 4.07. The molecule has 3 nitrogen and oxygen atoms in total. The van der Waals surface area contributed by atoms with Crippen molar-refractivity contribution in [2.24, 2.45) is 17.6 Å². The van der Waals surface area contributed by atoms with Crippen LogP contribution in [0.5, 0.6) is 0 Å². The highest BCUT2D eigenvalue weighted by Crippen LogP contribution is 2.30. The second-order valence-electron chi connectivity index (χ2n) is 5.26. The molecule has 0 aliphatic heterocycles. The van der Waals surface area contributed by atoms with Gasteiger partial charge >= 0.3 is 0 Å². The fourth-order valence-corrected chi connectivity index (χ4v) is 2.65. The highest BCUT2D eigenvalue weighted by atomic mass is 16.1. The van der Waals surface area contributed by atoms with Crippen molar-refractivity contribution in [1.29, 1.82) is 0 Å². The van der Waals surface area contributed by atoms with Crippen molar-refractivity contribution in [3.05, 3.63) is 0 Å². The van der Waals surface area contributed by atoms with E-state index in [1.807, 2.05) is 0 Å². The van der Waals surface area contributed by atoms with E-state index in [2.05, 4.69) is 12.2 Å². The average Bonchev–Trinajstić information content (AvgIpc) is 2.48. The summed E-state index contributed by atoms with van der Waals surface area (Å²) in [6.07, 6.45) is 6.76. The molecule has 2 fully saturated rings. The van der Waals surface area contributed by atoms with Crippen LogP contribution in [0.1, 0.15) is 45.4 Å². The molecule has 0 spiro atoms. The first-order valence-electron chi connectivity index (χ1n) is 6.22. The van der Waals surface area contributed by atoms with Crippen molar-refractivity contribution in [1.82, 2.24) is 5.32 Å². The molecule has 0 aromatic carbocycles. The summed E-state index contributed by atoms with van der Waals surface area (Å²) < 4.78 is 0. The number of nitrogens with two attached hydrogens (primary N) is 1. The number of rotatable bonds is 3. The SMILES string of the molecule is CC(NC(=O)C1CCC(N)C1)C1CCC1. The molecule has 3 atom stereocenters. The molecule has 2 aliphatic rings. The Hall–Kier alpha value is -0.570. The van der Waals surface area contributed by atoms with E-state index in [-0.39, 0.29) is 17.9 Å². The van der Waals surface area contributed by atoms with Crippen LogP contribution in [0.4, 0.5) is 0 Å². The summed E-state index contributed by atoms with van der Waals surface area (Å²) in [5, 5.41) is 3.15. The summed E-state index contributed by atoms with van der Waals surface area (Å²) in [5.74, 6) is 1.15. The Morgan fingerprint density at radius 2 is 2.07 bits per heavy atom. The maximum atomic E-state index is 11.9. The lowest BCUT2D eigenvalue weighted by Crippen LogP contribution is -2.43. The molecule has 3 unspecified atom stereocenters. The lowest BCUT2D eigenvalue weighted by molar-refractivity contribution is -0.126. The first kappa shape index (κ1) is 10.9. The van der Waals surface area contributed by atoms with Crippen molar-refractivity contribution in [2.45, 2.75) is 57.5 Å². The van der Waals surface area contributed by atoms with Gasteiger partial charge in [-0.25, -0.2) is 0 Å². The number of nitrogens with one attached hydrogen (secondary N) is 1. The van der Waals surface area contributed by atoms with Crippen LogP contribution >= 0.6 is 0 Å². The number of hydrogen-bond acceptors (Lipinski definition) is 2. The van der Waals surface area contributed by atoms with E-state index in [0.29, 0.717) is 6.04 Å². The number of carbonyl (C=O) groups is 1. The summed E-state index contributed by atoms with van der Waals surface area (Å²) in [6, 6.07) is 0.614. The minimum absolute atomic E-state index is 0.183. The minimum Gasteiger partial charge on any atom is -0.353 e. The molecule has 0 radical (unpaired) electrons. The van der Waals surface area contributed by atoms with E-state index in [1.54, 1.807) is 0 Å². The van der Waals surface area contributed by atoms with Crippen molar-refractivity contribution in [2.75, 3.05) is 0 Å². The Morgan fingerprint density at radius 3 is 2.53 bits per heavy atom. The van der Waals surface area contributed by atoms with E-state index in [0.717, 1.165) is 25.2 Å². The molecule has 2 aliphatic carbocycles. The van der Waals surface area contributed by atoms with Gasteiger partial charge in [-0.05, 0) is 44.9 Å². The average molecular weight is 210 g/mol. The highest BCUT2D eigenvalue weighted by Gasteiger charge is 2.31. The van der Waals surface area contributed by atoms with Crippen molar-refractivity contribution in [3.63, 3.8) is 0 Å². The molecule has 3 heteroatoms. The van der Waals surface area contributed by atoms with E-state index >= 15 is 0 Å². The quantitative estimate of drug-likeness (QED) is 0.740. The maximum Gasteiger partial charge on any atom is 0.223 e. The van der Waals surface area contributed by atoms with Crippen molar-refractivity contribution >= 4 is 5.91 Å². The second-order valence-corrected chi connectivity index (χ2v) is 5.26. The van der Waals surface area contributed by atoms with Gasteiger partial charge in [-0.3, -0.25) is 4.79 Å². The molecule has 0 bridgehead atoms. The van der Waals surface area contributed by atoms with E-state index < -0.39 is 0 Å². The molecular formula is C12H22N2O. The molecule has 1 amide bonds. The van der Waals surface area contributed by atoms with Gasteiger partial charge in [0.05, 0.1) is 0 Å². The van der Waals surface area contributed by atoms with Crippen molar-refractivity contribution in [3.8, 4) is 0 Å². The van der Waals surface area contributed by atoms with Crippen LogP contribution in [-0.2, 0) is 4.79 Å². The first-order valence-corrected chi connectivity index (χ1v) is 6.22. The van der Waals surface area contributed by atoms with Gasteiger partial charge < -0.3 is 11.1 Å². The van der Waals surface area contributed by atoms with Gasteiger partial charge in [0, 0.05) is 18.0 Å². The van der Waals surface area contributed by atoms with E-state index in [9.17, 15) is 4.79 Å². The van der Waals surface area contributed by atoms with Gasteiger partial charge in [-0.2, -0.15) is 0 Å². The van der Waals surface area contributed by atoms with Gasteiger partial charge in [0.25, 0.3) is 0 Å². The first-order chi connectivity index (χ1) is 7.16. The Bertz CT molecular complexity index is 238. The molecule has 86 valence electrons. The standard InChI is InChI=1S/C12H22N2O/c1-8(9-3-2-4-9)14-12(15)10-5-6-11(13)7-10/h8-11H,2-7,13H2,1H3,(H,14,15). The van der Waals surface area contributed by atoms with Gasteiger partial charge in [0.2, 0.25) is 5.91 Å². The Morgan fingerprint density at radius 1 is 1.33 bits per heavy atom. The predicted octanol–water partition coefficient (Wildman–Crippen LogP) is 1.42. The third kappa shape index (κ3) is 2.51. The molecule has 0 saturated heterocycles. The monoisotopic (exact) mass is 210 g/mol. The molecule has 0 aromatic heterocycles. The molecule has 2 saturated carbocycles. The fraction of sp³-hybridized carbons (Fsp3) is 0.917. The topological polar surface area (TPSA) is 55.1 Å².